The molecule has 1 heterocycles. The van der Waals surface area contributed by atoms with Gasteiger partial charge in [-0.15, -0.1) is 0 Å². The summed E-state index contributed by atoms with van der Waals surface area (Å²) in [6.45, 7) is 5.68. The predicted octanol–water partition coefficient (Wildman–Crippen LogP) is 3.50. The first kappa shape index (κ1) is 29.3. The highest BCUT2D eigenvalue weighted by Crippen LogP contribution is 2.45. The van der Waals surface area contributed by atoms with Crippen LogP contribution in [0.5, 0.6) is 0 Å². The normalized spacial score (nSPS) is 24.5. The lowest BCUT2D eigenvalue weighted by Gasteiger charge is -2.43. The van der Waals surface area contributed by atoms with Crippen LogP contribution in [0, 0.1) is 23.7 Å². The fourth-order valence-corrected chi connectivity index (χ4v) is 4.99. The summed E-state index contributed by atoms with van der Waals surface area (Å²) in [6, 6.07) is 3.52. The number of aliphatic carboxylic acids is 1. The molecule has 1 aromatic rings. The van der Waals surface area contributed by atoms with Crippen LogP contribution in [0.4, 0.5) is 0 Å². The van der Waals surface area contributed by atoms with E-state index in [1.807, 2.05) is 13.0 Å². The number of carbonyl (C=O) groups is 4. The van der Waals surface area contributed by atoms with E-state index < -0.39 is 30.5 Å². The largest absolute Gasteiger partial charge is 0.481 e. The predicted molar refractivity (Wildman–Crippen MR) is 135 cm³/mol. The standard InChI is InChI=1S/C28H37NO9/c1-4-16(2)28(35)38-25-10-9-23(29-37-15-20-6-5-11-36-20)22-14-24(32)17(3)21(27(22)25)8-7-18(30)12-19(31)13-26(33)34/h5-6,9,11,14,16-17,19,21,25,27,29,31H,4,7-8,10,12-13,15H2,1-3H3,(H,33,34). The molecule has 0 radical (unpaired) electrons. The van der Waals surface area contributed by atoms with Crippen LogP contribution >= 0.6 is 0 Å². The van der Waals surface area contributed by atoms with Crippen molar-refractivity contribution in [1.82, 2.24) is 5.48 Å². The van der Waals surface area contributed by atoms with Gasteiger partial charge in [-0.2, -0.15) is 0 Å². The Bertz CT molecular complexity index is 1060. The Morgan fingerprint density at radius 2 is 2.03 bits per heavy atom. The molecule has 10 heteroatoms. The van der Waals surface area contributed by atoms with Crippen molar-refractivity contribution in [3.05, 3.63) is 47.6 Å². The first-order valence-electron chi connectivity index (χ1n) is 13.1. The molecule has 38 heavy (non-hydrogen) atoms. The van der Waals surface area contributed by atoms with Crippen LogP contribution in [0.3, 0.4) is 0 Å². The van der Waals surface area contributed by atoms with Gasteiger partial charge in [0.25, 0.3) is 0 Å². The van der Waals surface area contributed by atoms with Crippen molar-refractivity contribution >= 4 is 23.5 Å². The van der Waals surface area contributed by atoms with Gasteiger partial charge in [0.2, 0.25) is 0 Å². The summed E-state index contributed by atoms with van der Waals surface area (Å²) < 4.78 is 11.2. The highest BCUT2D eigenvalue weighted by Gasteiger charge is 2.45. The van der Waals surface area contributed by atoms with Crippen LogP contribution in [0.25, 0.3) is 0 Å². The average molecular weight is 532 g/mol. The molecule has 0 saturated heterocycles. The van der Waals surface area contributed by atoms with Crippen LogP contribution in [-0.4, -0.2) is 45.9 Å². The van der Waals surface area contributed by atoms with Crippen molar-refractivity contribution in [2.75, 3.05) is 0 Å². The number of Topliss-reactive ketones (excluding diaryl/α,β-unsaturated/α-hetero) is 1. The lowest BCUT2D eigenvalue weighted by Crippen LogP contribution is -2.45. The van der Waals surface area contributed by atoms with Crippen molar-refractivity contribution in [2.24, 2.45) is 23.7 Å². The molecule has 0 fully saturated rings. The molecule has 0 spiro atoms. The van der Waals surface area contributed by atoms with E-state index in [4.69, 9.17) is 19.1 Å². The molecule has 6 atom stereocenters. The number of carboxylic acids is 1. The SMILES string of the molecule is CCC(C)C(=O)OC1CC=C(NOCc2ccco2)C2=CC(=O)C(C)C(CCC(=O)CC(O)CC(=O)O)C21. The first-order chi connectivity index (χ1) is 18.1. The minimum Gasteiger partial charge on any atom is -0.481 e. The Morgan fingerprint density at radius 1 is 1.26 bits per heavy atom. The van der Waals surface area contributed by atoms with E-state index in [0.717, 1.165) is 0 Å². The zero-order valence-corrected chi connectivity index (χ0v) is 22.1. The summed E-state index contributed by atoms with van der Waals surface area (Å²) in [4.78, 5) is 54.7. The number of furan rings is 1. The molecule has 1 aromatic heterocycles. The molecular formula is C28H37NO9. The second kappa shape index (κ2) is 13.5. The second-order valence-electron chi connectivity index (χ2n) is 10.1. The number of rotatable bonds is 14. The molecule has 3 N–H and O–H groups in total. The number of hydrogen-bond acceptors (Lipinski definition) is 9. The highest BCUT2D eigenvalue weighted by atomic mass is 16.6. The van der Waals surface area contributed by atoms with E-state index >= 15 is 0 Å². The summed E-state index contributed by atoms with van der Waals surface area (Å²) in [5, 5.41) is 18.7. The van der Waals surface area contributed by atoms with Crippen molar-refractivity contribution in [3.63, 3.8) is 0 Å². The quantitative estimate of drug-likeness (QED) is 0.240. The van der Waals surface area contributed by atoms with Gasteiger partial charge in [0.15, 0.2) is 5.78 Å². The fraction of sp³-hybridized carbons (Fsp3) is 0.571. The Kier molecular flexibility index (Phi) is 10.4. The molecule has 6 unspecified atom stereocenters. The van der Waals surface area contributed by atoms with E-state index in [2.05, 4.69) is 5.48 Å². The van der Waals surface area contributed by atoms with Crippen molar-refractivity contribution in [3.8, 4) is 0 Å². The van der Waals surface area contributed by atoms with Gasteiger partial charge >= 0.3 is 11.9 Å². The second-order valence-corrected chi connectivity index (χ2v) is 10.1. The summed E-state index contributed by atoms with van der Waals surface area (Å²) in [6.07, 6.45) is 3.81. The Balaban J connectivity index is 1.79. The summed E-state index contributed by atoms with van der Waals surface area (Å²) in [7, 11) is 0. The first-order valence-corrected chi connectivity index (χ1v) is 13.1. The van der Waals surface area contributed by atoms with Crippen LogP contribution in [-0.2, 0) is 35.4 Å². The minimum absolute atomic E-state index is 0.0657. The van der Waals surface area contributed by atoms with E-state index in [-0.39, 0.29) is 54.7 Å². The molecule has 0 aliphatic heterocycles. The summed E-state index contributed by atoms with van der Waals surface area (Å²) >= 11 is 0. The van der Waals surface area contributed by atoms with Gasteiger partial charge in [-0.25, -0.2) is 0 Å². The van der Waals surface area contributed by atoms with Gasteiger partial charge in [0.05, 0.1) is 30.4 Å². The molecule has 0 amide bonds. The molecule has 2 aliphatic carbocycles. The molecule has 208 valence electrons. The maximum atomic E-state index is 13.0. The topological polar surface area (TPSA) is 152 Å². The Labute approximate surface area is 222 Å². The number of hydroxylamine groups is 1. The summed E-state index contributed by atoms with van der Waals surface area (Å²) in [5.41, 5.74) is 4.18. The van der Waals surface area contributed by atoms with Crippen LogP contribution in [0.1, 0.15) is 65.1 Å². The van der Waals surface area contributed by atoms with Crippen LogP contribution < -0.4 is 5.48 Å². The van der Waals surface area contributed by atoms with Gasteiger partial charge in [-0.05, 0) is 42.5 Å². The number of allylic oxidation sites excluding steroid dienone is 2. The monoisotopic (exact) mass is 531 g/mol. The molecule has 0 bridgehead atoms. The fourth-order valence-electron chi connectivity index (χ4n) is 4.99. The number of aliphatic hydroxyl groups is 1. The third kappa shape index (κ3) is 7.64. The molecule has 3 rings (SSSR count). The molecule has 2 aliphatic rings. The van der Waals surface area contributed by atoms with Gasteiger partial charge < -0.3 is 19.4 Å². The molecule has 10 nitrogen and oxygen atoms in total. The van der Waals surface area contributed by atoms with Crippen molar-refractivity contribution in [1.29, 1.82) is 0 Å². The molecular weight excluding hydrogens is 494 g/mol. The molecule has 0 aromatic carbocycles. The Morgan fingerprint density at radius 3 is 2.68 bits per heavy atom. The number of aliphatic hydroxyl groups excluding tert-OH is 1. The number of carbonyl (C=O) groups excluding carboxylic acids is 3. The summed E-state index contributed by atoms with van der Waals surface area (Å²) in [5.74, 6) is -2.63. The average Bonchev–Trinajstić information content (AvgIpc) is 3.38. The van der Waals surface area contributed by atoms with E-state index in [1.165, 1.54) is 0 Å². The molecule has 0 saturated carbocycles. The maximum Gasteiger partial charge on any atom is 0.308 e. The number of hydrogen-bond donors (Lipinski definition) is 3. The minimum atomic E-state index is -1.26. The van der Waals surface area contributed by atoms with E-state index in [1.54, 1.807) is 38.3 Å². The smallest absolute Gasteiger partial charge is 0.308 e. The number of carboxylic acid groups (broad SMARTS) is 1. The van der Waals surface area contributed by atoms with Gasteiger partial charge in [0.1, 0.15) is 24.3 Å². The number of nitrogens with one attached hydrogen (secondary N) is 1. The number of esters is 1. The van der Waals surface area contributed by atoms with Crippen molar-refractivity contribution < 1.29 is 43.4 Å². The number of ketones is 2. The third-order valence-corrected chi connectivity index (χ3v) is 7.36. The number of fused-ring (bicyclic) bond motifs is 1. The van der Waals surface area contributed by atoms with Crippen LogP contribution in [0.15, 0.2) is 46.2 Å². The van der Waals surface area contributed by atoms with Gasteiger partial charge in [-0.3, -0.25) is 29.5 Å². The maximum absolute atomic E-state index is 13.0. The third-order valence-electron chi connectivity index (χ3n) is 7.36. The van der Waals surface area contributed by atoms with E-state index in [9.17, 15) is 24.3 Å². The lowest BCUT2D eigenvalue weighted by atomic mass is 9.65. The Hall–Kier alpha value is -3.24. The zero-order chi connectivity index (χ0) is 27.8. The lowest BCUT2D eigenvalue weighted by molar-refractivity contribution is -0.157. The van der Waals surface area contributed by atoms with E-state index in [0.29, 0.717) is 36.3 Å². The van der Waals surface area contributed by atoms with Gasteiger partial charge in [-0.1, -0.05) is 26.8 Å². The number of ether oxygens (including phenoxy) is 1. The highest BCUT2D eigenvalue weighted by molar-refractivity contribution is 5.94. The van der Waals surface area contributed by atoms with Gasteiger partial charge in [0, 0.05) is 31.1 Å². The van der Waals surface area contributed by atoms with Crippen LogP contribution in [0.2, 0.25) is 0 Å². The van der Waals surface area contributed by atoms with Crippen molar-refractivity contribution in [2.45, 2.75) is 78.1 Å². The zero-order valence-electron chi connectivity index (χ0n) is 22.1.